The van der Waals surface area contributed by atoms with Crippen molar-refractivity contribution in [1.82, 2.24) is 9.97 Å². The van der Waals surface area contributed by atoms with Gasteiger partial charge in [-0.05, 0) is 19.4 Å². The Bertz CT molecular complexity index is 489. The molecule has 2 nitrogen and oxygen atoms in total. The molecule has 0 atom stereocenters. The van der Waals surface area contributed by atoms with Crippen LogP contribution in [0.25, 0.3) is 10.9 Å². The van der Waals surface area contributed by atoms with Crippen LogP contribution in [0.3, 0.4) is 0 Å². The standard InChI is InChI=1S/C13H14N2/c1-3-4-9-13-14-10(2)11-7-5-6-8-12(11)15-13/h3,5-8H,1,4,9H2,2H3. The summed E-state index contributed by atoms with van der Waals surface area (Å²) in [5, 5.41) is 1.14. The van der Waals surface area contributed by atoms with E-state index < -0.39 is 0 Å². The van der Waals surface area contributed by atoms with Crippen LogP contribution in [0.4, 0.5) is 0 Å². The smallest absolute Gasteiger partial charge is 0.129 e. The van der Waals surface area contributed by atoms with Gasteiger partial charge in [0, 0.05) is 17.5 Å². The van der Waals surface area contributed by atoms with E-state index in [9.17, 15) is 0 Å². The van der Waals surface area contributed by atoms with Gasteiger partial charge in [0.25, 0.3) is 0 Å². The van der Waals surface area contributed by atoms with Crippen molar-refractivity contribution in [3.05, 3.63) is 48.4 Å². The minimum Gasteiger partial charge on any atom is -0.238 e. The van der Waals surface area contributed by atoms with Gasteiger partial charge in [0.2, 0.25) is 0 Å². The zero-order valence-corrected chi connectivity index (χ0v) is 8.90. The number of para-hydroxylation sites is 1. The number of allylic oxidation sites excluding steroid dienone is 1. The molecule has 0 N–H and O–H groups in total. The predicted molar refractivity (Wildman–Crippen MR) is 62.8 cm³/mol. The summed E-state index contributed by atoms with van der Waals surface area (Å²) in [5.74, 6) is 0.908. The molecule has 15 heavy (non-hydrogen) atoms. The molecule has 1 aromatic heterocycles. The lowest BCUT2D eigenvalue weighted by Gasteiger charge is -2.03. The van der Waals surface area contributed by atoms with Crippen LogP contribution in [0.15, 0.2) is 36.9 Å². The summed E-state index contributed by atoms with van der Waals surface area (Å²) in [6, 6.07) is 8.11. The Balaban J connectivity index is 2.47. The molecule has 0 saturated heterocycles. The molecule has 0 saturated carbocycles. The fourth-order valence-corrected chi connectivity index (χ4v) is 1.64. The maximum atomic E-state index is 4.51. The van der Waals surface area contributed by atoms with E-state index in [1.54, 1.807) is 0 Å². The van der Waals surface area contributed by atoms with E-state index in [2.05, 4.69) is 22.6 Å². The molecule has 0 spiro atoms. The second-order valence-corrected chi connectivity index (χ2v) is 3.57. The minimum absolute atomic E-state index is 0.870. The Morgan fingerprint density at radius 3 is 2.87 bits per heavy atom. The Kier molecular flexibility index (Phi) is 2.77. The first-order chi connectivity index (χ1) is 7.31. The number of aryl methyl sites for hydroxylation is 2. The third kappa shape index (κ3) is 2.04. The van der Waals surface area contributed by atoms with Gasteiger partial charge in [0.15, 0.2) is 0 Å². The highest BCUT2D eigenvalue weighted by Crippen LogP contribution is 2.14. The molecular formula is C13H14N2. The molecule has 0 aliphatic rings. The van der Waals surface area contributed by atoms with E-state index in [1.165, 1.54) is 0 Å². The van der Waals surface area contributed by atoms with Crippen LogP contribution in [-0.2, 0) is 6.42 Å². The minimum atomic E-state index is 0.870. The molecule has 0 aliphatic carbocycles. The average molecular weight is 198 g/mol. The summed E-state index contributed by atoms with van der Waals surface area (Å²) < 4.78 is 0. The van der Waals surface area contributed by atoms with Crippen molar-refractivity contribution < 1.29 is 0 Å². The normalized spacial score (nSPS) is 10.5. The molecule has 2 aromatic rings. The first-order valence-electron chi connectivity index (χ1n) is 5.14. The first-order valence-corrected chi connectivity index (χ1v) is 5.14. The Morgan fingerprint density at radius 2 is 2.07 bits per heavy atom. The van der Waals surface area contributed by atoms with E-state index in [1.807, 2.05) is 31.2 Å². The summed E-state index contributed by atoms with van der Waals surface area (Å²) in [6.45, 7) is 5.73. The van der Waals surface area contributed by atoms with Crippen LogP contribution in [-0.4, -0.2) is 9.97 Å². The fraction of sp³-hybridized carbons (Fsp3) is 0.231. The van der Waals surface area contributed by atoms with E-state index in [4.69, 9.17) is 0 Å². The highest BCUT2D eigenvalue weighted by atomic mass is 14.9. The third-order valence-corrected chi connectivity index (χ3v) is 2.41. The maximum Gasteiger partial charge on any atom is 0.129 e. The van der Waals surface area contributed by atoms with Gasteiger partial charge >= 0.3 is 0 Å². The molecule has 0 bridgehead atoms. The SMILES string of the molecule is C=CCCc1nc(C)c2ccccc2n1. The zero-order valence-electron chi connectivity index (χ0n) is 8.90. The van der Waals surface area contributed by atoms with E-state index in [0.717, 1.165) is 35.3 Å². The monoisotopic (exact) mass is 198 g/mol. The summed E-state index contributed by atoms with van der Waals surface area (Å²) in [5.41, 5.74) is 2.09. The number of hydrogen-bond acceptors (Lipinski definition) is 2. The third-order valence-electron chi connectivity index (χ3n) is 2.41. The second kappa shape index (κ2) is 4.22. The molecular weight excluding hydrogens is 184 g/mol. The molecule has 1 aromatic carbocycles. The van der Waals surface area contributed by atoms with Crippen LogP contribution >= 0.6 is 0 Å². The van der Waals surface area contributed by atoms with Crippen LogP contribution in [0.5, 0.6) is 0 Å². The average Bonchev–Trinajstić information content (AvgIpc) is 2.26. The van der Waals surface area contributed by atoms with Gasteiger partial charge < -0.3 is 0 Å². The van der Waals surface area contributed by atoms with Gasteiger partial charge in [-0.2, -0.15) is 0 Å². The summed E-state index contributed by atoms with van der Waals surface area (Å²) in [6.07, 6.45) is 3.70. The topological polar surface area (TPSA) is 25.8 Å². The quantitative estimate of drug-likeness (QED) is 0.708. The molecule has 2 heteroatoms. The highest BCUT2D eigenvalue weighted by Gasteiger charge is 2.02. The predicted octanol–water partition coefficient (Wildman–Crippen LogP) is 3.06. The van der Waals surface area contributed by atoms with E-state index >= 15 is 0 Å². The number of rotatable bonds is 3. The van der Waals surface area contributed by atoms with Crippen molar-refractivity contribution in [3.63, 3.8) is 0 Å². The summed E-state index contributed by atoms with van der Waals surface area (Å²) >= 11 is 0. The molecule has 1 heterocycles. The number of aromatic nitrogens is 2. The molecule has 0 fully saturated rings. The van der Waals surface area contributed by atoms with Crippen LogP contribution in [0.1, 0.15) is 17.9 Å². The van der Waals surface area contributed by atoms with Crippen molar-refractivity contribution in [2.45, 2.75) is 19.8 Å². The lowest BCUT2D eigenvalue weighted by molar-refractivity contribution is 0.882. The summed E-state index contributed by atoms with van der Waals surface area (Å²) in [4.78, 5) is 8.99. The van der Waals surface area contributed by atoms with Gasteiger partial charge in [0.05, 0.1) is 5.52 Å². The number of nitrogens with zero attached hydrogens (tertiary/aromatic N) is 2. The fourth-order valence-electron chi connectivity index (χ4n) is 1.64. The van der Waals surface area contributed by atoms with Crippen LogP contribution in [0, 0.1) is 6.92 Å². The lowest BCUT2D eigenvalue weighted by atomic mass is 10.2. The van der Waals surface area contributed by atoms with Gasteiger partial charge in [-0.3, -0.25) is 0 Å². The Morgan fingerprint density at radius 1 is 1.27 bits per heavy atom. The number of hydrogen-bond donors (Lipinski definition) is 0. The second-order valence-electron chi connectivity index (χ2n) is 3.57. The molecule has 0 radical (unpaired) electrons. The molecule has 0 amide bonds. The molecule has 0 aliphatic heterocycles. The lowest BCUT2D eigenvalue weighted by Crippen LogP contribution is -1.97. The largest absolute Gasteiger partial charge is 0.238 e. The Labute approximate surface area is 89.7 Å². The molecule has 0 unspecified atom stereocenters. The van der Waals surface area contributed by atoms with Crippen molar-refractivity contribution in [3.8, 4) is 0 Å². The van der Waals surface area contributed by atoms with Crippen molar-refractivity contribution in [2.24, 2.45) is 0 Å². The van der Waals surface area contributed by atoms with Gasteiger partial charge in [-0.25, -0.2) is 9.97 Å². The molecule has 2 rings (SSSR count). The van der Waals surface area contributed by atoms with E-state index in [0.29, 0.717) is 0 Å². The summed E-state index contributed by atoms with van der Waals surface area (Å²) in [7, 11) is 0. The van der Waals surface area contributed by atoms with Gasteiger partial charge in [-0.15, -0.1) is 6.58 Å². The Hall–Kier alpha value is -1.70. The van der Waals surface area contributed by atoms with E-state index in [-0.39, 0.29) is 0 Å². The van der Waals surface area contributed by atoms with Crippen LogP contribution in [0.2, 0.25) is 0 Å². The van der Waals surface area contributed by atoms with Crippen molar-refractivity contribution in [2.75, 3.05) is 0 Å². The number of benzene rings is 1. The zero-order chi connectivity index (χ0) is 10.7. The van der Waals surface area contributed by atoms with Gasteiger partial charge in [-0.1, -0.05) is 24.3 Å². The molecule has 76 valence electrons. The van der Waals surface area contributed by atoms with Crippen molar-refractivity contribution in [1.29, 1.82) is 0 Å². The number of fused-ring (bicyclic) bond motifs is 1. The highest BCUT2D eigenvalue weighted by molar-refractivity contribution is 5.80. The van der Waals surface area contributed by atoms with Crippen LogP contribution < -0.4 is 0 Å². The maximum absolute atomic E-state index is 4.51. The van der Waals surface area contributed by atoms with Gasteiger partial charge in [0.1, 0.15) is 5.82 Å². The van der Waals surface area contributed by atoms with Crippen molar-refractivity contribution >= 4 is 10.9 Å². The first kappa shape index (κ1) is 9.84.